The van der Waals surface area contributed by atoms with Gasteiger partial charge in [-0.2, -0.15) is 13.2 Å². The van der Waals surface area contributed by atoms with Gasteiger partial charge in [-0.25, -0.2) is 23.5 Å². The highest BCUT2D eigenvalue weighted by Gasteiger charge is 2.38. The number of pyridine rings is 2. The number of hydrogen-bond donors (Lipinski definition) is 8. The Hall–Kier alpha value is -9.28. The van der Waals surface area contributed by atoms with Crippen LogP contribution in [0.4, 0.5) is 33.6 Å². The number of ether oxygens (including phenoxy) is 1. The Morgan fingerprint density at radius 3 is 1.32 bits per heavy atom. The number of benzene rings is 4. The van der Waals surface area contributed by atoms with Crippen molar-refractivity contribution in [2.75, 3.05) is 43.4 Å². The van der Waals surface area contributed by atoms with Crippen molar-refractivity contribution >= 4 is 53.2 Å². The van der Waals surface area contributed by atoms with Crippen molar-refractivity contribution in [1.29, 1.82) is 0 Å². The molecule has 0 radical (unpaired) electrons. The molecule has 2 atom stereocenters. The van der Waals surface area contributed by atoms with E-state index in [2.05, 4.69) is 41.9 Å². The molecule has 0 bridgehead atoms. The number of nitrogens with one attached hydrogen (secondary N) is 6. The van der Waals surface area contributed by atoms with Gasteiger partial charge in [0.1, 0.15) is 23.3 Å². The maximum Gasteiger partial charge on any atom is 0.490 e. The molecule has 0 saturated heterocycles. The molecule has 18 nitrogen and oxygen atoms in total. The van der Waals surface area contributed by atoms with Gasteiger partial charge < -0.3 is 46.9 Å². The van der Waals surface area contributed by atoms with Gasteiger partial charge in [0.15, 0.2) is 0 Å². The lowest BCUT2D eigenvalue weighted by atomic mass is 9.97. The van der Waals surface area contributed by atoms with Crippen LogP contribution in [-0.2, 0) is 38.3 Å². The molecule has 23 heteroatoms. The van der Waals surface area contributed by atoms with Crippen LogP contribution in [0, 0.1) is 11.6 Å². The van der Waals surface area contributed by atoms with E-state index in [1.54, 1.807) is 67.8 Å². The Kier molecular flexibility index (Phi) is 27.4. The van der Waals surface area contributed by atoms with E-state index in [9.17, 15) is 55.8 Å². The van der Waals surface area contributed by atoms with Gasteiger partial charge in [0, 0.05) is 38.3 Å². The van der Waals surface area contributed by atoms with Crippen LogP contribution >= 0.6 is 0 Å². The maximum absolute atomic E-state index is 13.3. The smallest absolute Gasteiger partial charge is 0.481 e. The van der Waals surface area contributed by atoms with E-state index in [-0.39, 0.29) is 62.4 Å². The summed E-state index contributed by atoms with van der Waals surface area (Å²) in [6, 6.07) is 36.2. The largest absolute Gasteiger partial charge is 0.490 e. The Labute approximate surface area is 464 Å². The maximum atomic E-state index is 13.3. The highest BCUT2D eigenvalue weighted by molar-refractivity contribution is 5.86. The van der Waals surface area contributed by atoms with E-state index in [1.165, 1.54) is 24.3 Å². The first-order valence-corrected chi connectivity index (χ1v) is 25.6. The minimum absolute atomic E-state index is 0.0658. The van der Waals surface area contributed by atoms with Crippen LogP contribution in [0.2, 0.25) is 0 Å². The van der Waals surface area contributed by atoms with Gasteiger partial charge in [0.2, 0.25) is 23.6 Å². The molecule has 0 aliphatic rings. The van der Waals surface area contributed by atoms with Gasteiger partial charge in [0.25, 0.3) is 0 Å². The molecule has 0 aliphatic carbocycles. The number of anilines is 2. The number of carboxylic acid groups (broad SMARTS) is 2. The fourth-order valence-electron chi connectivity index (χ4n) is 7.43. The Balaban J connectivity index is 0.000000312. The SMILES string of the molecule is CCOC(=O)CC(NC(=O)CNC(=O)CCCCNc1ccccn1)c1cccc(-c2ccc(F)cc2)c1.O=C(O)C(F)(F)F.O=C(O)CC(NC(=O)CNC(=O)CCCCNc1ccccn1)c1cccc(-c2ccc(F)cc2)c1. The molecule has 0 aliphatic heterocycles. The number of carbonyl (C=O) groups excluding carboxylic acids is 5. The zero-order valence-corrected chi connectivity index (χ0v) is 44.1. The Bertz CT molecular complexity index is 2940. The number of aliphatic carboxylic acids is 2. The quantitative estimate of drug-likeness (QED) is 0.0136. The molecule has 6 rings (SSSR count). The van der Waals surface area contributed by atoms with Gasteiger partial charge in [-0.3, -0.25) is 28.8 Å². The van der Waals surface area contributed by atoms with Crippen molar-refractivity contribution in [2.24, 2.45) is 0 Å². The van der Waals surface area contributed by atoms with Crippen LogP contribution in [0.3, 0.4) is 0 Å². The summed E-state index contributed by atoms with van der Waals surface area (Å²) >= 11 is 0. The van der Waals surface area contributed by atoms with E-state index < -0.39 is 48.0 Å². The van der Waals surface area contributed by atoms with E-state index >= 15 is 0 Å². The molecule has 2 heterocycles. The molecule has 0 saturated carbocycles. The average Bonchev–Trinajstić information content (AvgIpc) is 3.44. The second-order valence-corrected chi connectivity index (χ2v) is 17.7. The highest BCUT2D eigenvalue weighted by Crippen LogP contribution is 2.27. The lowest BCUT2D eigenvalue weighted by Gasteiger charge is -2.20. The molecule has 430 valence electrons. The number of aromatic nitrogens is 2. The summed E-state index contributed by atoms with van der Waals surface area (Å²) in [6.07, 6.45) is 1.35. The second kappa shape index (κ2) is 34.6. The van der Waals surface area contributed by atoms with E-state index in [0.29, 0.717) is 43.5 Å². The average molecular weight is 1130 g/mol. The fourth-order valence-corrected chi connectivity index (χ4v) is 7.43. The van der Waals surface area contributed by atoms with Crippen molar-refractivity contribution in [3.05, 3.63) is 169 Å². The number of carbonyl (C=O) groups is 7. The first kappa shape index (κ1) is 64.2. The summed E-state index contributed by atoms with van der Waals surface area (Å²) in [6.45, 7) is 2.85. The number of rotatable bonds is 27. The number of alkyl halides is 3. The minimum Gasteiger partial charge on any atom is -0.481 e. The van der Waals surface area contributed by atoms with Gasteiger partial charge in [-0.05, 0) is 127 Å². The number of carboxylic acids is 2. The third-order valence-corrected chi connectivity index (χ3v) is 11.4. The third kappa shape index (κ3) is 25.8. The monoisotopic (exact) mass is 1130 g/mol. The summed E-state index contributed by atoms with van der Waals surface area (Å²) in [5, 5.41) is 33.5. The second-order valence-electron chi connectivity index (χ2n) is 17.7. The molecular formula is C58H63F5N8O10. The van der Waals surface area contributed by atoms with Crippen LogP contribution in [0.1, 0.15) is 81.5 Å². The minimum atomic E-state index is -5.08. The Morgan fingerprint density at radius 1 is 0.531 bits per heavy atom. The number of hydrogen-bond acceptors (Lipinski definition) is 12. The van der Waals surface area contributed by atoms with Crippen molar-refractivity contribution in [3.8, 4) is 22.3 Å². The summed E-state index contributed by atoms with van der Waals surface area (Å²) in [5.41, 5.74) is 4.44. The zero-order chi connectivity index (χ0) is 59.0. The number of amides is 4. The van der Waals surface area contributed by atoms with Gasteiger partial charge in [-0.1, -0.05) is 72.8 Å². The molecule has 2 aromatic heterocycles. The van der Waals surface area contributed by atoms with E-state index in [0.717, 1.165) is 46.7 Å². The lowest BCUT2D eigenvalue weighted by molar-refractivity contribution is -0.192. The standard InChI is InChI=1S/C29H33FN4O4.C27H29FN4O4.C2HF3O2/c1-2-38-29(37)19-25(23-9-7-8-22(18-23)21-12-14-24(30)15-13-21)34-28(36)20-33-27(35)11-4-6-17-32-26-10-3-5-16-31-26;28-22-12-10-19(11-13-22)20-6-5-7-21(16-20)23(17-27(35)36)32-26(34)18-31-25(33)9-2-4-15-30-24-8-1-3-14-29-24;3-2(4,5)1(6)7/h3,5,7-10,12-16,18,25H,2,4,6,11,17,19-20H2,1H3,(H,31,32)(H,33,35)(H,34,36);1,3,5-8,10-14,16,23H,2,4,9,15,17-18H2,(H,29,30)(H,31,33)(H,32,34)(H,35,36);(H,6,7). The lowest BCUT2D eigenvalue weighted by Crippen LogP contribution is -2.39. The normalized spacial score (nSPS) is 11.3. The van der Waals surface area contributed by atoms with Crippen LogP contribution < -0.4 is 31.9 Å². The molecule has 6 aromatic rings. The third-order valence-electron chi connectivity index (χ3n) is 11.4. The molecule has 0 spiro atoms. The first-order valence-electron chi connectivity index (χ1n) is 25.6. The molecule has 81 heavy (non-hydrogen) atoms. The number of esters is 1. The molecule has 2 unspecified atom stereocenters. The topological polar surface area (TPSA) is 267 Å². The summed E-state index contributed by atoms with van der Waals surface area (Å²) in [4.78, 5) is 90.3. The van der Waals surface area contributed by atoms with Crippen LogP contribution in [0.25, 0.3) is 22.3 Å². The van der Waals surface area contributed by atoms with Gasteiger partial charge in [-0.15, -0.1) is 0 Å². The van der Waals surface area contributed by atoms with Crippen LogP contribution in [0.15, 0.2) is 146 Å². The molecule has 4 amide bonds. The molecule has 0 fully saturated rings. The predicted octanol–water partition coefficient (Wildman–Crippen LogP) is 8.95. The van der Waals surface area contributed by atoms with Crippen molar-refractivity contribution in [3.63, 3.8) is 0 Å². The number of halogens is 5. The summed E-state index contributed by atoms with van der Waals surface area (Å²) in [7, 11) is 0. The highest BCUT2D eigenvalue weighted by atomic mass is 19.4. The summed E-state index contributed by atoms with van der Waals surface area (Å²) < 4.78 is 63.4. The number of unbranched alkanes of at least 4 members (excludes halogenated alkanes) is 2. The Morgan fingerprint density at radius 2 is 0.951 bits per heavy atom. The molecular weight excluding hydrogens is 1060 g/mol. The van der Waals surface area contributed by atoms with Crippen LogP contribution in [0.5, 0.6) is 0 Å². The first-order chi connectivity index (χ1) is 38.8. The van der Waals surface area contributed by atoms with Crippen molar-refractivity contribution < 1.29 is 70.5 Å². The van der Waals surface area contributed by atoms with E-state index in [1.807, 2.05) is 60.7 Å². The van der Waals surface area contributed by atoms with Crippen molar-refractivity contribution in [2.45, 2.75) is 76.6 Å². The fraction of sp³-hybridized carbons (Fsp3) is 0.293. The van der Waals surface area contributed by atoms with E-state index in [4.69, 9.17) is 14.6 Å². The van der Waals surface area contributed by atoms with Crippen molar-refractivity contribution in [1.82, 2.24) is 31.2 Å². The zero-order valence-electron chi connectivity index (χ0n) is 44.1. The van der Waals surface area contributed by atoms with Gasteiger partial charge in [0.05, 0.1) is 44.6 Å². The van der Waals surface area contributed by atoms with Gasteiger partial charge >= 0.3 is 24.1 Å². The predicted molar refractivity (Wildman–Crippen MR) is 292 cm³/mol. The summed E-state index contributed by atoms with van der Waals surface area (Å²) in [5.74, 6) is -4.79. The molecule has 4 aromatic carbocycles. The van der Waals surface area contributed by atoms with Crippen LogP contribution in [-0.4, -0.2) is 101 Å². The number of nitrogens with zero attached hydrogens (tertiary/aromatic N) is 2. The molecule has 8 N–H and O–H groups in total.